The minimum Gasteiger partial charge on any atom is -0.493 e. The van der Waals surface area contributed by atoms with E-state index in [4.69, 9.17) is 14.6 Å². The van der Waals surface area contributed by atoms with Crippen molar-refractivity contribution in [1.82, 2.24) is 5.32 Å². The molecule has 1 unspecified atom stereocenters. The summed E-state index contributed by atoms with van der Waals surface area (Å²) in [7, 11) is 1.52. The summed E-state index contributed by atoms with van der Waals surface area (Å²) >= 11 is 0. The highest BCUT2D eigenvalue weighted by atomic mass is 16.5. The van der Waals surface area contributed by atoms with E-state index >= 15 is 0 Å². The zero-order valence-electron chi connectivity index (χ0n) is 10.9. The topological polar surface area (TPSA) is 67.8 Å². The van der Waals surface area contributed by atoms with Crippen molar-refractivity contribution in [3.05, 3.63) is 23.8 Å². The number of aliphatic hydroxyl groups excluding tert-OH is 1. The van der Waals surface area contributed by atoms with Crippen LogP contribution in [0.3, 0.4) is 0 Å². The number of ether oxygens (including phenoxy) is 2. The molecular formula is C13H19NO4. The minimum absolute atomic E-state index is 0.217. The third-order valence-electron chi connectivity index (χ3n) is 2.28. The van der Waals surface area contributed by atoms with Crippen molar-refractivity contribution in [3.63, 3.8) is 0 Å². The quantitative estimate of drug-likeness (QED) is 0.799. The van der Waals surface area contributed by atoms with Crippen LogP contribution in [-0.4, -0.2) is 37.4 Å². The number of carbonyl (C=O) groups is 1. The maximum atomic E-state index is 11.8. The maximum absolute atomic E-state index is 11.8. The average Bonchev–Trinajstić information content (AvgIpc) is 2.36. The van der Waals surface area contributed by atoms with E-state index in [-0.39, 0.29) is 12.5 Å². The van der Waals surface area contributed by atoms with Crippen molar-refractivity contribution in [3.8, 4) is 11.5 Å². The molecule has 0 aliphatic heterocycles. The smallest absolute Gasteiger partial charge is 0.251 e. The Morgan fingerprint density at radius 1 is 1.44 bits per heavy atom. The molecule has 0 aromatic heterocycles. The molecular weight excluding hydrogens is 234 g/mol. The lowest BCUT2D eigenvalue weighted by Gasteiger charge is -2.11. The Morgan fingerprint density at radius 3 is 2.72 bits per heavy atom. The fourth-order valence-electron chi connectivity index (χ4n) is 1.43. The van der Waals surface area contributed by atoms with Crippen molar-refractivity contribution in [2.45, 2.75) is 20.0 Å². The number of nitrogens with one attached hydrogen (secondary N) is 1. The molecule has 0 aliphatic rings. The molecule has 5 heteroatoms. The second-order valence-electron chi connectivity index (χ2n) is 3.86. The lowest BCUT2D eigenvalue weighted by atomic mass is 10.2. The van der Waals surface area contributed by atoms with E-state index in [9.17, 15) is 4.79 Å². The van der Waals surface area contributed by atoms with E-state index in [1.54, 1.807) is 25.1 Å². The van der Waals surface area contributed by atoms with Gasteiger partial charge in [0.15, 0.2) is 11.5 Å². The standard InChI is InChI=1S/C13H19NO4/c1-4-18-11-6-5-10(7-12(11)17-3)13(16)14-8-9(2)15/h5-7,9,15H,4,8H2,1-3H3,(H,14,16). The molecule has 0 heterocycles. The molecule has 1 aromatic carbocycles. The summed E-state index contributed by atoms with van der Waals surface area (Å²) in [6, 6.07) is 4.97. The fraction of sp³-hybridized carbons (Fsp3) is 0.462. The summed E-state index contributed by atoms with van der Waals surface area (Å²) in [5, 5.41) is 11.7. The van der Waals surface area contributed by atoms with Gasteiger partial charge in [0.25, 0.3) is 5.91 Å². The van der Waals surface area contributed by atoms with Crippen molar-refractivity contribution in [2.24, 2.45) is 0 Å². The first kappa shape index (κ1) is 14.3. The lowest BCUT2D eigenvalue weighted by Crippen LogP contribution is -2.30. The Kier molecular flexibility index (Phi) is 5.45. The third kappa shape index (κ3) is 3.92. The minimum atomic E-state index is -0.571. The molecule has 18 heavy (non-hydrogen) atoms. The van der Waals surface area contributed by atoms with Gasteiger partial charge >= 0.3 is 0 Å². The molecule has 5 nitrogen and oxygen atoms in total. The van der Waals surface area contributed by atoms with E-state index in [1.165, 1.54) is 7.11 Å². The van der Waals surface area contributed by atoms with E-state index in [1.807, 2.05) is 6.92 Å². The normalized spacial score (nSPS) is 11.8. The van der Waals surface area contributed by atoms with Crippen molar-refractivity contribution < 1.29 is 19.4 Å². The van der Waals surface area contributed by atoms with Crippen LogP contribution in [0.15, 0.2) is 18.2 Å². The summed E-state index contributed by atoms with van der Waals surface area (Å²) in [5.74, 6) is 0.867. The molecule has 100 valence electrons. The first-order valence-corrected chi connectivity index (χ1v) is 5.85. The molecule has 0 aliphatic carbocycles. The Labute approximate surface area is 107 Å². The molecule has 1 rings (SSSR count). The van der Waals surface area contributed by atoms with Crippen LogP contribution in [0.4, 0.5) is 0 Å². The van der Waals surface area contributed by atoms with Gasteiger partial charge in [-0.25, -0.2) is 0 Å². The van der Waals surface area contributed by atoms with Gasteiger partial charge in [-0.3, -0.25) is 4.79 Å². The molecule has 1 aromatic rings. The molecule has 0 saturated heterocycles. The van der Waals surface area contributed by atoms with Gasteiger partial charge in [-0.1, -0.05) is 0 Å². The van der Waals surface area contributed by atoms with Gasteiger partial charge in [0.2, 0.25) is 0 Å². The van der Waals surface area contributed by atoms with E-state index < -0.39 is 6.10 Å². The first-order chi connectivity index (χ1) is 8.58. The van der Waals surface area contributed by atoms with Gasteiger partial charge in [0.05, 0.1) is 19.8 Å². The van der Waals surface area contributed by atoms with Gasteiger partial charge < -0.3 is 19.9 Å². The number of rotatable bonds is 6. The van der Waals surface area contributed by atoms with Gasteiger partial charge in [-0.05, 0) is 32.0 Å². The number of methoxy groups -OCH3 is 1. The zero-order valence-corrected chi connectivity index (χ0v) is 10.9. The van der Waals surface area contributed by atoms with Gasteiger partial charge in [0.1, 0.15) is 0 Å². The second-order valence-corrected chi connectivity index (χ2v) is 3.86. The molecule has 0 radical (unpaired) electrons. The molecule has 0 fully saturated rings. The van der Waals surface area contributed by atoms with Crippen LogP contribution >= 0.6 is 0 Å². The van der Waals surface area contributed by atoms with Crippen LogP contribution in [0.1, 0.15) is 24.2 Å². The third-order valence-corrected chi connectivity index (χ3v) is 2.28. The van der Waals surface area contributed by atoms with Crippen LogP contribution < -0.4 is 14.8 Å². The number of aliphatic hydroxyl groups is 1. The van der Waals surface area contributed by atoms with Gasteiger partial charge in [0, 0.05) is 12.1 Å². The summed E-state index contributed by atoms with van der Waals surface area (Å²) in [6.45, 7) is 4.24. The number of benzene rings is 1. The Bertz CT molecular complexity index is 404. The highest BCUT2D eigenvalue weighted by molar-refractivity contribution is 5.94. The molecule has 1 atom stereocenters. The number of hydrogen-bond donors (Lipinski definition) is 2. The van der Waals surface area contributed by atoms with Crippen molar-refractivity contribution in [1.29, 1.82) is 0 Å². The SMILES string of the molecule is CCOc1ccc(C(=O)NCC(C)O)cc1OC. The predicted octanol–water partition coefficient (Wildman–Crippen LogP) is 1.20. The van der Waals surface area contributed by atoms with Crippen LogP contribution in [0.25, 0.3) is 0 Å². The predicted molar refractivity (Wildman–Crippen MR) is 68.2 cm³/mol. The van der Waals surface area contributed by atoms with Crippen molar-refractivity contribution in [2.75, 3.05) is 20.3 Å². The first-order valence-electron chi connectivity index (χ1n) is 5.85. The van der Waals surface area contributed by atoms with Crippen molar-refractivity contribution >= 4 is 5.91 Å². The van der Waals surface area contributed by atoms with E-state index in [0.717, 1.165) is 0 Å². The highest BCUT2D eigenvalue weighted by Crippen LogP contribution is 2.27. The summed E-state index contributed by atoms with van der Waals surface area (Å²) in [6.07, 6.45) is -0.571. The lowest BCUT2D eigenvalue weighted by molar-refractivity contribution is 0.0923. The molecule has 0 saturated carbocycles. The van der Waals surface area contributed by atoms with Crippen LogP contribution in [0.5, 0.6) is 11.5 Å². The maximum Gasteiger partial charge on any atom is 0.251 e. The second kappa shape index (κ2) is 6.86. The Hall–Kier alpha value is -1.75. The molecule has 2 N–H and O–H groups in total. The summed E-state index contributed by atoms with van der Waals surface area (Å²) in [4.78, 5) is 11.8. The molecule has 0 spiro atoms. The van der Waals surface area contributed by atoms with Crippen LogP contribution in [0, 0.1) is 0 Å². The summed E-state index contributed by atoms with van der Waals surface area (Å²) < 4.78 is 10.5. The highest BCUT2D eigenvalue weighted by Gasteiger charge is 2.11. The van der Waals surface area contributed by atoms with Crippen LogP contribution in [-0.2, 0) is 0 Å². The number of hydrogen-bond acceptors (Lipinski definition) is 4. The van der Waals surface area contributed by atoms with Gasteiger partial charge in [-0.15, -0.1) is 0 Å². The van der Waals surface area contributed by atoms with Crippen LogP contribution in [0.2, 0.25) is 0 Å². The Balaban J connectivity index is 2.81. The number of carbonyl (C=O) groups excluding carboxylic acids is 1. The average molecular weight is 253 g/mol. The van der Waals surface area contributed by atoms with Gasteiger partial charge in [-0.2, -0.15) is 0 Å². The van der Waals surface area contributed by atoms with E-state index in [0.29, 0.717) is 23.7 Å². The fourth-order valence-corrected chi connectivity index (χ4v) is 1.43. The summed E-state index contributed by atoms with van der Waals surface area (Å²) in [5.41, 5.74) is 0.468. The molecule has 1 amide bonds. The monoisotopic (exact) mass is 253 g/mol. The number of amides is 1. The van der Waals surface area contributed by atoms with E-state index in [2.05, 4.69) is 5.32 Å². The zero-order chi connectivity index (χ0) is 13.5. The largest absolute Gasteiger partial charge is 0.493 e. The molecule has 0 bridgehead atoms. The Morgan fingerprint density at radius 2 is 2.17 bits per heavy atom.